The number of unbranched alkanes of at least 4 members (excludes halogenated alkanes) is 3. The Labute approximate surface area is 165 Å². The fourth-order valence-corrected chi connectivity index (χ4v) is 2.62. The maximum Gasteiger partial charge on any atom is 0.408 e. The number of amides is 3. The largest absolute Gasteiger partial charge is 0.445 e. The number of hydrogen-bond acceptors (Lipinski definition) is 5. The molecule has 28 heavy (non-hydrogen) atoms. The van der Waals surface area contributed by atoms with Crippen LogP contribution in [-0.2, 0) is 20.9 Å². The number of hydrogen-bond donors (Lipinski definition) is 4. The van der Waals surface area contributed by atoms with Gasteiger partial charge in [0, 0.05) is 0 Å². The highest BCUT2D eigenvalue weighted by atomic mass is 16.5. The van der Waals surface area contributed by atoms with Crippen molar-refractivity contribution < 1.29 is 24.2 Å². The van der Waals surface area contributed by atoms with Gasteiger partial charge in [0.05, 0.1) is 6.10 Å². The van der Waals surface area contributed by atoms with Gasteiger partial charge in [-0.1, -0.05) is 62.9 Å². The smallest absolute Gasteiger partial charge is 0.408 e. The Hall–Kier alpha value is -2.61. The number of carbonyl (C=O) groups is 3. The van der Waals surface area contributed by atoms with Gasteiger partial charge in [-0.05, 0) is 18.9 Å². The number of alkyl carbamates (subject to hydrolysis) is 1. The van der Waals surface area contributed by atoms with Crippen molar-refractivity contribution in [2.75, 3.05) is 0 Å². The molecule has 0 aliphatic heterocycles. The topological polar surface area (TPSA) is 131 Å². The molecule has 0 fully saturated rings. The lowest BCUT2D eigenvalue weighted by Crippen LogP contribution is -2.56. The van der Waals surface area contributed by atoms with Gasteiger partial charge in [-0.2, -0.15) is 0 Å². The van der Waals surface area contributed by atoms with E-state index in [4.69, 9.17) is 10.5 Å². The summed E-state index contributed by atoms with van der Waals surface area (Å²) in [5.74, 6) is -1.34. The minimum Gasteiger partial charge on any atom is -0.445 e. The quantitative estimate of drug-likeness (QED) is 0.401. The lowest BCUT2D eigenvalue weighted by Gasteiger charge is -2.23. The molecule has 0 bridgehead atoms. The predicted octanol–water partition coefficient (Wildman–Crippen LogP) is 1.60. The molecule has 1 rings (SSSR count). The molecule has 0 unspecified atom stereocenters. The molecule has 0 aliphatic rings. The number of carbonyl (C=O) groups excluding carboxylic acids is 3. The molecule has 0 saturated heterocycles. The van der Waals surface area contributed by atoms with Crippen molar-refractivity contribution in [1.29, 1.82) is 0 Å². The van der Waals surface area contributed by atoms with Crippen LogP contribution in [-0.4, -0.2) is 41.2 Å². The third-order valence-corrected chi connectivity index (χ3v) is 4.26. The predicted molar refractivity (Wildman–Crippen MR) is 105 cm³/mol. The fraction of sp³-hybridized carbons (Fsp3) is 0.550. The first-order chi connectivity index (χ1) is 13.3. The van der Waals surface area contributed by atoms with Crippen LogP contribution in [0.15, 0.2) is 30.3 Å². The highest BCUT2D eigenvalue weighted by Crippen LogP contribution is 2.07. The van der Waals surface area contributed by atoms with E-state index in [1.54, 1.807) is 12.1 Å². The second-order valence-corrected chi connectivity index (χ2v) is 6.74. The number of benzene rings is 1. The number of ether oxygens (including phenoxy) is 1. The Morgan fingerprint density at radius 3 is 2.36 bits per heavy atom. The number of aliphatic hydroxyl groups is 1. The summed E-state index contributed by atoms with van der Waals surface area (Å²) in [5.41, 5.74) is 6.15. The van der Waals surface area contributed by atoms with Gasteiger partial charge >= 0.3 is 6.09 Å². The molecular weight excluding hydrogens is 362 g/mol. The number of rotatable bonds is 12. The van der Waals surface area contributed by atoms with E-state index in [0.717, 1.165) is 31.2 Å². The first-order valence-electron chi connectivity index (χ1n) is 9.60. The highest BCUT2D eigenvalue weighted by Gasteiger charge is 2.29. The van der Waals surface area contributed by atoms with Crippen LogP contribution in [0.4, 0.5) is 4.79 Å². The normalized spacial score (nSPS) is 13.8. The van der Waals surface area contributed by atoms with E-state index in [1.807, 2.05) is 18.2 Å². The van der Waals surface area contributed by atoms with Crippen molar-refractivity contribution in [3.05, 3.63) is 35.9 Å². The molecule has 5 N–H and O–H groups in total. The van der Waals surface area contributed by atoms with E-state index in [1.165, 1.54) is 6.92 Å². The minimum absolute atomic E-state index is 0.0299. The molecule has 0 radical (unpaired) electrons. The van der Waals surface area contributed by atoms with Crippen LogP contribution < -0.4 is 16.4 Å². The van der Waals surface area contributed by atoms with E-state index < -0.39 is 36.1 Å². The molecule has 0 spiro atoms. The summed E-state index contributed by atoms with van der Waals surface area (Å²) < 4.78 is 5.07. The molecule has 3 amide bonds. The van der Waals surface area contributed by atoms with Crippen LogP contribution in [0.25, 0.3) is 0 Å². The van der Waals surface area contributed by atoms with Gasteiger partial charge in [-0.25, -0.2) is 4.79 Å². The summed E-state index contributed by atoms with van der Waals surface area (Å²) in [7, 11) is 0. The zero-order valence-electron chi connectivity index (χ0n) is 16.5. The summed E-state index contributed by atoms with van der Waals surface area (Å²) in [4.78, 5) is 36.0. The van der Waals surface area contributed by atoms with Crippen molar-refractivity contribution in [2.24, 2.45) is 5.73 Å². The monoisotopic (exact) mass is 393 g/mol. The van der Waals surface area contributed by atoms with Crippen molar-refractivity contribution in [1.82, 2.24) is 10.6 Å². The van der Waals surface area contributed by atoms with Crippen LogP contribution in [0.3, 0.4) is 0 Å². The molecule has 8 heteroatoms. The van der Waals surface area contributed by atoms with E-state index in [0.29, 0.717) is 6.42 Å². The lowest BCUT2D eigenvalue weighted by atomic mass is 10.1. The third kappa shape index (κ3) is 8.85. The Morgan fingerprint density at radius 1 is 1.11 bits per heavy atom. The number of nitrogens with one attached hydrogen (secondary N) is 2. The Morgan fingerprint density at radius 2 is 1.79 bits per heavy atom. The second-order valence-electron chi connectivity index (χ2n) is 6.74. The minimum atomic E-state index is -1.26. The van der Waals surface area contributed by atoms with Crippen LogP contribution >= 0.6 is 0 Å². The number of primary amides is 1. The van der Waals surface area contributed by atoms with Crippen LogP contribution in [0.5, 0.6) is 0 Å². The zero-order valence-corrected chi connectivity index (χ0v) is 16.5. The summed E-state index contributed by atoms with van der Waals surface area (Å²) in [6.45, 7) is 3.47. The van der Waals surface area contributed by atoms with Gasteiger partial charge in [0.25, 0.3) is 0 Å². The summed E-state index contributed by atoms with van der Waals surface area (Å²) >= 11 is 0. The first-order valence-corrected chi connectivity index (χ1v) is 9.60. The molecule has 3 atom stereocenters. The highest BCUT2D eigenvalue weighted by molar-refractivity contribution is 5.91. The molecule has 0 heterocycles. The number of nitrogens with two attached hydrogens (primary N) is 1. The molecule has 8 nitrogen and oxygen atoms in total. The average Bonchev–Trinajstić information content (AvgIpc) is 2.67. The van der Waals surface area contributed by atoms with Crippen molar-refractivity contribution in [3.8, 4) is 0 Å². The van der Waals surface area contributed by atoms with Gasteiger partial charge in [-0.15, -0.1) is 0 Å². The van der Waals surface area contributed by atoms with Gasteiger partial charge in [0.15, 0.2) is 0 Å². The second kappa shape index (κ2) is 12.7. The van der Waals surface area contributed by atoms with Crippen molar-refractivity contribution in [3.63, 3.8) is 0 Å². The summed E-state index contributed by atoms with van der Waals surface area (Å²) in [6, 6.07) is 6.94. The van der Waals surface area contributed by atoms with Gasteiger partial charge in [0.1, 0.15) is 18.7 Å². The van der Waals surface area contributed by atoms with Crippen molar-refractivity contribution in [2.45, 2.75) is 70.7 Å². The van der Waals surface area contributed by atoms with E-state index >= 15 is 0 Å². The van der Waals surface area contributed by atoms with E-state index in [-0.39, 0.29) is 6.61 Å². The van der Waals surface area contributed by atoms with Gasteiger partial charge in [0.2, 0.25) is 11.8 Å². The van der Waals surface area contributed by atoms with Gasteiger partial charge in [-0.3, -0.25) is 9.59 Å². The lowest BCUT2D eigenvalue weighted by molar-refractivity contribution is -0.130. The Bertz CT molecular complexity index is 622. The Kier molecular flexibility index (Phi) is 10.6. The molecule has 0 aliphatic carbocycles. The molecule has 156 valence electrons. The standard InChI is InChI=1S/C20H31N3O5/c1-3-4-5-9-12-16(18(21)25)22-19(26)17(14(2)24)23-20(27)28-13-15-10-7-6-8-11-15/h6-8,10-11,14,16-17,24H,3-5,9,12-13H2,1-2H3,(H2,21,25)(H,22,26)(H,23,27)/t14-,16-,17+/m1/s1. The third-order valence-electron chi connectivity index (χ3n) is 4.26. The maximum atomic E-state index is 12.4. The number of aliphatic hydroxyl groups excluding tert-OH is 1. The maximum absolute atomic E-state index is 12.4. The molecular formula is C20H31N3O5. The molecule has 1 aromatic carbocycles. The Balaban J connectivity index is 2.58. The molecule has 0 aromatic heterocycles. The van der Waals surface area contributed by atoms with E-state index in [2.05, 4.69) is 17.6 Å². The summed E-state index contributed by atoms with van der Waals surface area (Å²) in [5, 5.41) is 14.7. The van der Waals surface area contributed by atoms with E-state index in [9.17, 15) is 19.5 Å². The van der Waals surface area contributed by atoms with Crippen LogP contribution in [0.2, 0.25) is 0 Å². The average molecular weight is 393 g/mol. The SMILES string of the molecule is CCCCCC[C@@H](NC(=O)[C@@H](NC(=O)OCc1ccccc1)[C@@H](C)O)C(N)=O. The molecule has 0 saturated carbocycles. The van der Waals surface area contributed by atoms with Crippen LogP contribution in [0.1, 0.15) is 51.5 Å². The van der Waals surface area contributed by atoms with Crippen LogP contribution in [0, 0.1) is 0 Å². The van der Waals surface area contributed by atoms with Gasteiger partial charge < -0.3 is 26.2 Å². The summed E-state index contributed by atoms with van der Waals surface area (Å²) in [6.07, 6.45) is 2.14. The molecule has 1 aromatic rings. The zero-order chi connectivity index (χ0) is 20.9. The fourth-order valence-electron chi connectivity index (χ4n) is 2.62. The first kappa shape index (κ1) is 23.4. The van der Waals surface area contributed by atoms with Crippen molar-refractivity contribution >= 4 is 17.9 Å².